The van der Waals surface area contributed by atoms with E-state index in [1.165, 1.54) is 32.7 Å². The van der Waals surface area contributed by atoms with Crippen LogP contribution in [0.1, 0.15) is 0 Å². The quantitative estimate of drug-likeness (QED) is 0.422. The number of rotatable bonds is 1. The lowest BCUT2D eigenvalue weighted by molar-refractivity contribution is 1.35. The van der Waals surface area contributed by atoms with E-state index in [1.807, 2.05) is 0 Å². The van der Waals surface area contributed by atoms with E-state index in [2.05, 4.69) is 80.6 Å². The van der Waals surface area contributed by atoms with Crippen LogP contribution in [-0.2, 0) is 0 Å². The summed E-state index contributed by atoms with van der Waals surface area (Å²) < 4.78 is 0. The number of hydrogen-bond acceptors (Lipinski definition) is 2. The second-order valence-electron chi connectivity index (χ2n) is 6.60. The summed E-state index contributed by atoms with van der Waals surface area (Å²) in [6, 6.07) is 21.6. The maximum Gasteiger partial charge on any atom is 0.0960 e. The fraction of sp³-hybridized carbons (Fsp3) is 0. The summed E-state index contributed by atoms with van der Waals surface area (Å²) in [7, 11) is 0. The first kappa shape index (κ1) is 13.6. The van der Waals surface area contributed by atoms with Crippen LogP contribution >= 0.6 is 0 Å². The average Bonchev–Trinajstić information content (AvgIpc) is 3.36. The molecule has 6 rings (SSSR count). The minimum absolute atomic E-state index is 1.02. The molecule has 0 saturated heterocycles. The molecule has 4 heteroatoms. The standard InChI is InChI=1S/C22H14N4/c1-5-17-15(3-7-19-21(17)25-11-23-19)9-13(1)14-2-6-18-16(10-14)4-8-20-22(18)26-12-24-20/h1-12H,(H,23,25)(H,24,26). The van der Waals surface area contributed by atoms with Crippen LogP contribution in [0.25, 0.3) is 54.7 Å². The van der Waals surface area contributed by atoms with Gasteiger partial charge in [0.15, 0.2) is 0 Å². The maximum absolute atomic E-state index is 4.45. The van der Waals surface area contributed by atoms with Crippen LogP contribution in [-0.4, -0.2) is 19.9 Å². The van der Waals surface area contributed by atoms with E-state index in [4.69, 9.17) is 0 Å². The van der Waals surface area contributed by atoms with Crippen LogP contribution in [0.3, 0.4) is 0 Å². The fourth-order valence-corrected chi connectivity index (χ4v) is 3.83. The summed E-state index contributed by atoms with van der Waals surface area (Å²) in [6.07, 6.45) is 3.49. The lowest BCUT2D eigenvalue weighted by Crippen LogP contribution is -1.83. The summed E-state index contributed by atoms with van der Waals surface area (Å²) in [5, 5.41) is 4.74. The first-order valence-corrected chi connectivity index (χ1v) is 8.59. The molecule has 6 aromatic rings. The summed E-state index contributed by atoms with van der Waals surface area (Å²) in [5.74, 6) is 0. The van der Waals surface area contributed by atoms with E-state index in [1.54, 1.807) is 12.7 Å². The Bertz CT molecular complexity index is 1330. The number of aromatic nitrogens is 4. The molecule has 26 heavy (non-hydrogen) atoms. The van der Waals surface area contributed by atoms with Gasteiger partial charge in [-0.1, -0.05) is 36.4 Å². The van der Waals surface area contributed by atoms with E-state index in [9.17, 15) is 0 Å². The van der Waals surface area contributed by atoms with Crippen molar-refractivity contribution in [3.05, 3.63) is 73.3 Å². The third-order valence-corrected chi connectivity index (χ3v) is 5.14. The Morgan fingerprint density at radius 3 is 1.54 bits per heavy atom. The van der Waals surface area contributed by atoms with Gasteiger partial charge in [0.25, 0.3) is 0 Å². The highest BCUT2D eigenvalue weighted by Crippen LogP contribution is 2.31. The third kappa shape index (κ3) is 1.84. The second-order valence-corrected chi connectivity index (χ2v) is 6.60. The van der Waals surface area contributed by atoms with Crippen molar-refractivity contribution in [2.45, 2.75) is 0 Å². The summed E-state index contributed by atoms with van der Waals surface area (Å²) >= 11 is 0. The summed E-state index contributed by atoms with van der Waals surface area (Å²) in [6.45, 7) is 0. The van der Waals surface area contributed by atoms with E-state index in [-0.39, 0.29) is 0 Å². The minimum atomic E-state index is 1.02. The molecule has 0 spiro atoms. The first-order valence-electron chi connectivity index (χ1n) is 8.59. The fourth-order valence-electron chi connectivity index (χ4n) is 3.83. The Labute approximate surface area is 148 Å². The van der Waals surface area contributed by atoms with Gasteiger partial charge < -0.3 is 9.97 Å². The van der Waals surface area contributed by atoms with Gasteiger partial charge in [-0.3, -0.25) is 0 Å². The molecule has 0 aliphatic heterocycles. The van der Waals surface area contributed by atoms with Crippen LogP contribution < -0.4 is 0 Å². The van der Waals surface area contributed by atoms with Crippen molar-refractivity contribution in [1.29, 1.82) is 0 Å². The van der Waals surface area contributed by atoms with Gasteiger partial charge in [0.05, 0.1) is 34.7 Å². The third-order valence-electron chi connectivity index (χ3n) is 5.14. The van der Waals surface area contributed by atoms with Crippen LogP contribution in [0.15, 0.2) is 73.3 Å². The Morgan fingerprint density at radius 1 is 0.538 bits per heavy atom. The zero-order chi connectivity index (χ0) is 17.1. The zero-order valence-corrected chi connectivity index (χ0v) is 13.8. The van der Waals surface area contributed by atoms with Crippen LogP contribution in [0.4, 0.5) is 0 Å². The van der Waals surface area contributed by atoms with Gasteiger partial charge in [0.2, 0.25) is 0 Å². The van der Waals surface area contributed by atoms with Crippen LogP contribution in [0.5, 0.6) is 0 Å². The van der Waals surface area contributed by atoms with E-state index >= 15 is 0 Å². The molecule has 0 aliphatic carbocycles. The largest absolute Gasteiger partial charge is 0.345 e. The second kappa shape index (κ2) is 4.92. The summed E-state index contributed by atoms with van der Waals surface area (Å²) in [4.78, 5) is 15.2. The number of imidazole rings is 2. The molecule has 2 aromatic heterocycles. The first-order chi connectivity index (χ1) is 12.9. The van der Waals surface area contributed by atoms with Gasteiger partial charge in [-0.15, -0.1) is 0 Å². The maximum atomic E-state index is 4.45. The molecule has 0 saturated carbocycles. The van der Waals surface area contributed by atoms with E-state index in [0.717, 1.165) is 22.1 Å². The molecule has 0 amide bonds. The molecule has 2 heterocycles. The highest BCUT2D eigenvalue weighted by Gasteiger charge is 2.07. The molecule has 4 aromatic carbocycles. The Morgan fingerprint density at radius 2 is 1.04 bits per heavy atom. The van der Waals surface area contributed by atoms with Crippen molar-refractivity contribution in [3.8, 4) is 11.1 Å². The van der Waals surface area contributed by atoms with Crippen LogP contribution in [0, 0.1) is 0 Å². The van der Waals surface area contributed by atoms with Gasteiger partial charge in [-0.05, 0) is 46.2 Å². The highest BCUT2D eigenvalue weighted by atomic mass is 14.9. The number of benzene rings is 4. The number of H-pyrrole nitrogens is 2. The topological polar surface area (TPSA) is 57.4 Å². The van der Waals surface area contributed by atoms with Gasteiger partial charge in [-0.25, -0.2) is 9.97 Å². The minimum Gasteiger partial charge on any atom is -0.345 e. The molecule has 4 nitrogen and oxygen atoms in total. The van der Waals surface area contributed by atoms with Crippen LogP contribution in [0.2, 0.25) is 0 Å². The molecule has 0 radical (unpaired) electrons. The molecule has 122 valence electrons. The summed E-state index contributed by atoms with van der Waals surface area (Å²) in [5.41, 5.74) is 6.59. The van der Waals surface area contributed by atoms with Crippen molar-refractivity contribution in [2.75, 3.05) is 0 Å². The SMILES string of the molecule is c1nc2c(ccc3cc(-c4ccc5c(ccc6[nH]cnc65)c4)ccc32)[nH]1. The predicted octanol–water partition coefficient (Wildman–Crippen LogP) is 5.41. The molecule has 0 fully saturated rings. The van der Waals surface area contributed by atoms with E-state index < -0.39 is 0 Å². The Balaban J connectivity index is 1.56. The number of fused-ring (bicyclic) bond motifs is 6. The van der Waals surface area contributed by atoms with Gasteiger partial charge in [0.1, 0.15) is 0 Å². The lowest BCUT2D eigenvalue weighted by Gasteiger charge is -2.07. The van der Waals surface area contributed by atoms with Crippen molar-refractivity contribution in [3.63, 3.8) is 0 Å². The molecular weight excluding hydrogens is 320 g/mol. The highest BCUT2D eigenvalue weighted by molar-refractivity contribution is 6.07. The van der Waals surface area contributed by atoms with Crippen molar-refractivity contribution in [2.24, 2.45) is 0 Å². The number of hydrogen-bond donors (Lipinski definition) is 2. The molecule has 0 bridgehead atoms. The lowest BCUT2D eigenvalue weighted by atomic mass is 9.98. The Hall–Kier alpha value is -3.66. The molecule has 2 N–H and O–H groups in total. The normalized spacial score (nSPS) is 11.8. The van der Waals surface area contributed by atoms with Gasteiger partial charge in [0, 0.05) is 10.8 Å². The smallest absolute Gasteiger partial charge is 0.0960 e. The number of aromatic amines is 2. The van der Waals surface area contributed by atoms with Crippen molar-refractivity contribution in [1.82, 2.24) is 19.9 Å². The molecular formula is C22H14N4. The van der Waals surface area contributed by atoms with Gasteiger partial charge >= 0.3 is 0 Å². The predicted molar refractivity (Wildman–Crippen MR) is 106 cm³/mol. The molecule has 0 unspecified atom stereocenters. The number of nitrogens with one attached hydrogen (secondary N) is 2. The average molecular weight is 334 g/mol. The Kier molecular flexibility index (Phi) is 2.58. The van der Waals surface area contributed by atoms with Crippen molar-refractivity contribution < 1.29 is 0 Å². The van der Waals surface area contributed by atoms with Gasteiger partial charge in [-0.2, -0.15) is 0 Å². The number of nitrogens with zero attached hydrogens (tertiary/aromatic N) is 2. The zero-order valence-electron chi connectivity index (χ0n) is 13.8. The van der Waals surface area contributed by atoms with E-state index in [0.29, 0.717) is 0 Å². The molecule has 0 atom stereocenters. The molecule has 0 aliphatic rings. The monoisotopic (exact) mass is 334 g/mol. The van der Waals surface area contributed by atoms with Crippen molar-refractivity contribution >= 4 is 43.6 Å².